The lowest BCUT2D eigenvalue weighted by Crippen LogP contribution is -2.25. The second-order valence-corrected chi connectivity index (χ2v) is 6.16. The number of aromatic nitrogens is 3. The highest BCUT2D eigenvalue weighted by molar-refractivity contribution is 6.03. The number of carbonyl (C=O) groups excluding carboxylic acids is 2. The van der Waals surface area contributed by atoms with Crippen LogP contribution in [0.3, 0.4) is 0 Å². The Balaban J connectivity index is 2.12. The van der Waals surface area contributed by atoms with E-state index in [1.807, 2.05) is 26.8 Å². The van der Waals surface area contributed by atoms with E-state index < -0.39 is 0 Å². The second kappa shape index (κ2) is 7.99. The van der Waals surface area contributed by atoms with Crippen molar-refractivity contribution in [2.45, 2.75) is 48.1 Å². The van der Waals surface area contributed by atoms with Gasteiger partial charge in [0.05, 0.1) is 29.3 Å². The van der Waals surface area contributed by atoms with E-state index >= 15 is 0 Å². The number of rotatable bonds is 6. The Morgan fingerprint density at radius 1 is 1.31 bits per heavy atom. The van der Waals surface area contributed by atoms with Crippen molar-refractivity contribution in [3.8, 4) is 0 Å². The van der Waals surface area contributed by atoms with Gasteiger partial charge in [0.25, 0.3) is 5.91 Å². The van der Waals surface area contributed by atoms with E-state index in [1.165, 1.54) is 0 Å². The van der Waals surface area contributed by atoms with Crippen molar-refractivity contribution >= 4 is 17.6 Å². The predicted molar refractivity (Wildman–Crippen MR) is 98.3 cm³/mol. The van der Waals surface area contributed by atoms with Gasteiger partial charge in [-0.25, -0.2) is 10.2 Å². The first-order valence-electron chi connectivity index (χ1n) is 8.45. The van der Waals surface area contributed by atoms with Crippen LogP contribution in [0.4, 0.5) is 0 Å². The third-order valence-corrected chi connectivity index (χ3v) is 4.02. The zero-order valence-electron chi connectivity index (χ0n) is 16.1. The zero-order valence-corrected chi connectivity index (χ0v) is 16.1. The normalized spacial score (nSPS) is 11.5. The molecule has 0 radical (unpaired) electrons. The smallest absolute Gasteiger partial charge is 0.340 e. The zero-order chi connectivity index (χ0) is 19.4. The molecule has 0 bridgehead atoms. The summed E-state index contributed by atoms with van der Waals surface area (Å²) in [4.78, 5) is 27.3. The molecule has 2 heterocycles. The van der Waals surface area contributed by atoms with E-state index in [2.05, 4.69) is 20.6 Å². The molecular formula is C18H25N5O3. The predicted octanol–water partition coefficient (Wildman–Crippen LogP) is 2.16. The Labute approximate surface area is 152 Å². The number of aryl methyl sites for hydroxylation is 3. The molecule has 0 aliphatic heterocycles. The first kappa shape index (κ1) is 19.4. The lowest BCUT2D eigenvalue weighted by atomic mass is 10.1. The molecule has 0 aliphatic rings. The summed E-state index contributed by atoms with van der Waals surface area (Å²) in [5.74, 6) is -0.645. The Bertz CT molecular complexity index is 861. The number of hydrogen-bond donors (Lipinski definition) is 2. The van der Waals surface area contributed by atoms with E-state index in [-0.39, 0.29) is 18.4 Å². The summed E-state index contributed by atoms with van der Waals surface area (Å²) in [5.41, 5.74) is 7.52. The molecule has 2 aromatic heterocycles. The van der Waals surface area contributed by atoms with Gasteiger partial charge in [-0.05, 0) is 53.2 Å². The van der Waals surface area contributed by atoms with Crippen LogP contribution in [0.15, 0.2) is 11.2 Å². The maximum Gasteiger partial charge on any atom is 0.340 e. The molecule has 140 valence electrons. The highest BCUT2D eigenvalue weighted by Gasteiger charge is 2.20. The van der Waals surface area contributed by atoms with E-state index in [4.69, 9.17) is 4.74 Å². The molecule has 1 amide bonds. The molecule has 8 heteroatoms. The van der Waals surface area contributed by atoms with Crippen molar-refractivity contribution in [1.29, 1.82) is 0 Å². The first-order chi connectivity index (χ1) is 12.2. The van der Waals surface area contributed by atoms with Crippen molar-refractivity contribution in [3.05, 3.63) is 40.0 Å². The topological polar surface area (TPSA) is 101 Å². The summed E-state index contributed by atoms with van der Waals surface area (Å²) in [7, 11) is 0. The van der Waals surface area contributed by atoms with Gasteiger partial charge in [0.1, 0.15) is 6.54 Å². The number of nitrogens with zero attached hydrogens (tertiary/aromatic N) is 3. The molecule has 2 aromatic rings. The maximum atomic E-state index is 12.1. The number of aromatic amines is 1. The van der Waals surface area contributed by atoms with Gasteiger partial charge in [-0.1, -0.05) is 0 Å². The first-order valence-corrected chi connectivity index (χ1v) is 8.45. The summed E-state index contributed by atoms with van der Waals surface area (Å²) in [6.45, 7) is 11.3. The van der Waals surface area contributed by atoms with Gasteiger partial charge >= 0.3 is 5.97 Å². The number of H-pyrrole nitrogens is 1. The maximum absolute atomic E-state index is 12.1. The molecule has 0 unspecified atom stereocenters. The van der Waals surface area contributed by atoms with Crippen LogP contribution in [0.5, 0.6) is 0 Å². The molecule has 8 nitrogen and oxygen atoms in total. The summed E-state index contributed by atoms with van der Waals surface area (Å²) < 4.78 is 6.71. The minimum Gasteiger partial charge on any atom is -0.462 e. The third kappa shape index (κ3) is 4.19. The molecule has 0 aliphatic carbocycles. The van der Waals surface area contributed by atoms with Crippen LogP contribution in [0.2, 0.25) is 0 Å². The fourth-order valence-electron chi connectivity index (χ4n) is 2.83. The van der Waals surface area contributed by atoms with Crippen LogP contribution >= 0.6 is 0 Å². The fraction of sp³-hybridized carbons (Fsp3) is 0.444. The van der Waals surface area contributed by atoms with Crippen LogP contribution < -0.4 is 5.43 Å². The van der Waals surface area contributed by atoms with Crippen LogP contribution in [0.1, 0.15) is 52.5 Å². The van der Waals surface area contributed by atoms with Gasteiger partial charge in [0, 0.05) is 11.4 Å². The minimum atomic E-state index is -0.369. The van der Waals surface area contributed by atoms with Gasteiger partial charge < -0.3 is 9.72 Å². The van der Waals surface area contributed by atoms with Gasteiger partial charge in [-0.3, -0.25) is 9.48 Å². The van der Waals surface area contributed by atoms with Crippen molar-refractivity contribution in [2.75, 3.05) is 6.61 Å². The molecule has 0 spiro atoms. The molecule has 0 saturated heterocycles. The molecule has 0 atom stereocenters. The summed E-state index contributed by atoms with van der Waals surface area (Å²) in [6.07, 6.45) is 0. The molecule has 2 N–H and O–H groups in total. The fourth-order valence-corrected chi connectivity index (χ4v) is 2.83. The number of hydrogen-bond acceptors (Lipinski definition) is 5. The number of hydrazone groups is 1. The SMILES string of the molecule is CCOC(=O)c1c(C)[nH]c(C(C)=NNC(=O)Cn2nc(C)cc2C)c1C. The molecular weight excluding hydrogens is 334 g/mol. The summed E-state index contributed by atoms with van der Waals surface area (Å²) in [6, 6.07) is 1.91. The molecule has 0 aromatic carbocycles. The van der Waals surface area contributed by atoms with Gasteiger partial charge in [-0.15, -0.1) is 0 Å². The van der Waals surface area contributed by atoms with E-state index in [9.17, 15) is 9.59 Å². The number of amides is 1. The summed E-state index contributed by atoms with van der Waals surface area (Å²) in [5, 5.41) is 8.39. The number of ether oxygens (including phenoxy) is 1. The summed E-state index contributed by atoms with van der Waals surface area (Å²) >= 11 is 0. The standard InChI is InChI=1S/C18H25N5O3/c1-7-26-18(25)16-12(4)17(19-13(16)5)14(6)20-21-15(24)9-23-11(3)8-10(2)22-23/h8,19H,7,9H2,1-6H3,(H,21,24). The van der Waals surface area contributed by atoms with Crippen molar-refractivity contribution < 1.29 is 14.3 Å². The van der Waals surface area contributed by atoms with Crippen molar-refractivity contribution in [3.63, 3.8) is 0 Å². The number of esters is 1. The highest BCUT2D eigenvalue weighted by atomic mass is 16.5. The Hall–Kier alpha value is -2.90. The number of nitrogens with one attached hydrogen (secondary N) is 2. The van der Waals surface area contributed by atoms with Gasteiger partial charge in [-0.2, -0.15) is 10.2 Å². The number of carbonyl (C=O) groups is 2. The molecule has 26 heavy (non-hydrogen) atoms. The van der Waals surface area contributed by atoms with Crippen LogP contribution in [-0.2, 0) is 16.1 Å². The van der Waals surface area contributed by atoms with Gasteiger partial charge in [0.2, 0.25) is 0 Å². The Morgan fingerprint density at radius 3 is 2.58 bits per heavy atom. The minimum absolute atomic E-state index is 0.0905. The van der Waals surface area contributed by atoms with E-state index in [0.717, 1.165) is 17.0 Å². The van der Waals surface area contributed by atoms with Crippen LogP contribution in [-0.4, -0.2) is 39.0 Å². The van der Waals surface area contributed by atoms with E-state index in [0.29, 0.717) is 29.3 Å². The third-order valence-electron chi connectivity index (χ3n) is 4.02. The lowest BCUT2D eigenvalue weighted by Gasteiger charge is -2.05. The molecule has 2 rings (SSSR count). The monoisotopic (exact) mass is 359 g/mol. The van der Waals surface area contributed by atoms with Crippen LogP contribution in [0.25, 0.3) is 0 Å². The molecule has 0 saturated carbocycles. The highest BCUT2D eigenvalue weighted by Crippen LogP contribution is 2.19. The van der Waals surface area contributed by atoms with Crippen molar-refractivity contribution in [1.82, 2.24) is 20.2 Å². The van der Waals surface area contributed by atoms with Gasteiger partial charge in [0.15, 0.2) is 0 Å². The largest absolute Gasteiger partial charge is 0.462 e. The average molecular weight is 359 g/mol. The Morgan fingerprint density at radius 2 is 2.00 bits per heavy atom. The van der Waals surface area contributed by atoms with Crippen molar-refractivity contribution in [2.24, 2.45) is 5.10 Å². The molecule has 0 fully saturated rings. The van der Waals surface area contributed by atoms with Crippen LogP contribution in [0, 0.1) is 27.7 Å². The Kier molecular flexibility index (Phi) is 5.97. The van der Waals surface area contributed by atoms with E-state index in [1.54, 1.807) is 25.5 Å². The average Bonchev–Trinajstić information content (AvgIpc) is 3.03. The second-order valence-electron chi connectivity index (χ2n) is 6.16. The lowest BCUT2D eigenvalue weighted by molar-refractivity contribution is -0.121. The quantitative estimate of drug-likeness (QED) is 0.469.